The van der Waals surface area contributed by atoms with Crippen molar-refractivity contribution in [3.63, 3.8) is 0 Å². The van der Waals surface area contributed by atoms with Crippen molar-refractivity contribution in [1.82, 2.24) is 4.90 Å². The zero-order valence-corrected chi connectivity index (χ0v) is 11.9. The fourth-order valence-corrected chi connectivity index (χ4v) is 2.66. The molecular formula is C15H19ClN2. The average molecular weight is 263 g/mol. The molecule has 0 aromatic heterocycles. The molecule has 18 heavy (non-hydrogen) atoms. The molecule has 2 atom stereocenters. The number of nitrogens with zero attached hydrogens (tertiary/aromatic N) is 2. The third kappa shape index (κ3) is 2.68. The van der Waals surface area contributed by atoms with Gasteiger partial charge in [0, 0.05) is 29.6 Å². The molecule has 0 N–H and O–H groups in total. The van der Waals surface area contributed by atoms with Crippen LogP contribution in [0.1, 0.15) is 32.3 Å². The van der Waals surface area contributed by atoms with Gasteiger partial charge in [0.2, 0.25) is 0 Å². The molecule has 0 aliphatic carbocycles. The van der Waals surface area contributed by atoms with Crippen LogP contribution in [0.3, 0.4) is 0 Å². The number of nitriles is 1. The van der Waals surface area contributed by atoms with Gasteiger partial charge in [-0.25, -0.2) is 0 Å². The lowest BCUT2D eigenvalue weighted by molar-refractivity contribution is 0.170. The lowest BCUT2D eigenvalue weighted by Gasteiger charge is -2.31. The highest BCUT2D eigenvalue weighted by Crippen LogP contribution is 2.36. The lowest BCUT2D eigenvalue weighted by atomic mass is 9.90. The summed E-state index contributed by atoms with van der Waals surface area (Å²) >= 11 is 5.91. The normalized spacial score (nSPS) is 25.1. The average Bonchev–Trinajstić information content (AvgIpc) is 2.73. The Morgan fingerprint density at radius 1 is 1.22 bits per heavy atom. The highest BCUT2D eigenvalue weighted by Gasteiger charge is 2.38. The van der Waals surface area contributed by atoms with Crippen LogP contribution in [-0.2, 0) is 0 Å². The Kier molecular flexibility index (Phi) is 3.66. The second-order valence-corrected chi connectivity index (χ2v) is 6.41. The van der Waals surface area contributed by atoms with Crippen LogP contribution in [0.5, 0.6) is 0 Å². The van der Waals surface area contributed by atoms with Crippen LogP contribution in [0.15, 0.2) is 24.3 Å². The summed E-state index contributed by atoms with van der Waals surface area (Å²) in [6.07, 6.45) is 0. The minimum atomic E-state index is 0.0744. The summed E-state index contributed by atoms with van der Waals surface area (Å²) in [5.41, 5.74) is 1.34. The second kappa shape index (κ2) is 4.91. The van der Waals surface area contributed by atoms with Crippen molar-refractivity contribution in [1.29, 1.82) is 5.26 Å². The predicted octanol–water partition coefficient (Wildman–Crippen LogP) is 3.68. The van der Waals surface area contributed by atoms with Gasteiger partial charge in [-0.15, -0.1) is 0 Å². The maximum atomic E-state index is 9.33. The first-order valence-electron chi connectivity index (χ1n) is 6.32. The van der Waals surface area contributed by atoms with Gasteiger partial charge in [-0.2, -0.15) is 5.26 Å². The predicted molar refractivity (Wildman–Crippen MR) is 74.6 cm³/mol. The van der Waals surface area contributed by atoms with E-state index in [1.165, 1.54) is 5.56 Å². The van der Waals surface area contributed by atoms with Gasteiger partial charge in [-0.1, -0.05) is 23.7 Å². The van der Waals surface area contributed by atoms with E-state index in [-0.39, 0.29) is 11.5 Å². The minimum Gasteiger partial charge on any atom is -0.297 e. The van der Waals surface area contributed by atoms with E-state index in [0.29, 0.717) is 5.92 Å². The zero-order valence-electron chi connectivity index (χ0n) is 11.2. The standard InChI is InChI=1S/C15H19ClN2/c1-15(2,3)18-9-12(8-17)14(10-18)11-4-6-13(16)7-5-11/h4-7,12,14H,9-10H2,1-3H3. The number of benzene rings is 1. The summed E-state index contributed by atoms with van der Waals surface area (Å²) in [5, 5.41) is 10.1. The third-order valence-electron chi connectivity index (χ3n) is 3.73. The van der Waals surface area contributed by atoms with Crippen LogP contribution < -0.4 is 0 Å². The van der Waals surface area contributed by atoms with Crippen LogP contribution >= 0.6 is 11.6 Å². The van der Waals surface area contributed by atoms with E-state index in [9.17, 15) is 5.26 Å². The van der Waals surface area contributed by atoms with Gasteiger partial charge in [0.15, 0.2) is 0 Å². The SMILES string of the molecule is CC(C)(C)N1CC(C#N)C(c2ccc(Cl)cc2)C1. The molecule has 0 spiro atoms. The van der Waals surface area contributed by atoms with Crippen molar-refractivity contribution in [2.24, 2.45) is 5.92 Å². The molecule has 1 aliphatic rings. The Morgan fingerprint density at radius 2 is 1.83 bits per heavy atom. The van der Waals surface area contributed by atoms with E-state index < -0.39 is 0 Å². The van der Waals surface area contributed by atoms with Crippen LogP contribution in [0.25, 0.3) is 0 Å². The van der Waals surface area contributed by atoms with E-state index in [1.54, 1.807) is 0 Å². The molecule has 2 unspecified atom stereocenters. The first-order chi connectivity index (χ1) is 8.41. The Balaban J connectivity index is 2.23. The maximum absolute atomic E-state index is 9.33. The lowest BCUT2D eigenvalue weighted by Crippen LogP contribution is -2.39. The van der Waals surface area contributed by atoms with Gasteiger partial charge in [0.05, 0.1) is 12.0 Å². The summed E-state index contributed by atoms with van der Waals surface area (Å²) in [6, 6.07) is 10.4. The van der Waals surface area contributed by atoms with E-state index in [4.69, 9.17) is 11.6 Å². The van der Waals surface area contributed by atoms with E-state index in [2.05, 4.69) is 31.7 Å². The molecular weight excluding hydrogens is 244 g/mol. The number of halogens is 1. The Morgan fingerprint density at radius 3 is 2.33 bits per heavy atom. The van der Waals surface area contributed by atoms with Crippen LogP contribution in [0.4, 0.5) is 0 Å². The summed E-state index contributed by atoms with van der Waals surface area (Å²) in [5.74, 6) is 0.372. The van der Waals surface area contributed by atoms with Crippen molar-refractivity contribution in [2.75, 3.05) is 13.1 Å². The molecule has 0 radical (unpaired) electrons. The summed E-state index contributed by atoms with van der Waals surface area (Å²) in [7, 11) is 0. The van der Waals surface area contributed by atoms with Gasteiger partial charge in [0.25, 0.3) is 0 Å². The number of rotatable bonds is 1. The monoisotopic (exact) mass is 262 g/mol. The first-order valence-corrected chi connectivity index (χ1v) is 6.70. The van der Waals surface area contributed by atoms with Crippen molar-refractivity contribution in [3.05, 3.63) is 34.9 Å². The molecule has 1 heterocycles. The molecule has 1 aliphatic heterocycles. The van der Waals surface area contributed by atoms with E-state index in [0.717, 1.165) is 18.1 Å². The van der Waals surface area contributed by atoms with Crippen molar-refractivity contribution in [3.8, 4) is 6.07 Å². The smallest absolute Gasteiger partial charge is 0.0676 e. The molecule has 1 fully saturated rings. The number of hydrogen-bond acceptors (Lipinski definition) is 2. The molecule has 0 saturated carbocycles. The summed E-state index contributed by atoms with van der Waals surface area (Å²) in [4.78, 5) is 2.39. The summed E-state index contributed by atoms with van der Waals surface area (Å²) in [6.45, 7) is 8.40. The summed E-state index contributed by atoms with van der Waals surface area (Å²) < 4.78 is 0. The molecule has 1 saturated heterocycles. The number of likely N-dealkylation sites (tertiary alicyclic amines) is 1. The Labute approximate surface area is 114 Å². The number of hydrogen-bond donors (Lipinski definition) is 0. The quantitative estimate of drug-likeness (QED) is 0.772. The molecule has 2 nitrogen and oxygen atoms in total. The largest absolute Gasteiger partial charge is 0.297 e. The fraction of sp³-hybridized carbons (Fsp3) is 0.533. The van der Waals surface area contributed by atoms with Crippen LogP contribution in [0.2, 0.25) is 5.02 Å². The molecule has 2 rings (SSSR count). The molecule has 1 aromatic rings. The molecule has 3 heteroatoms. The molecule has 1 aromatic carbocycles. The van der Waals surface area contributed by atoms with E-state index >= 15 is 0 Å². The zero-order chi connectivity index (χ0) is 13.3. The van der Waals surface area contributed by atoms with E-state index in [1.807, 2.05) is 24.3 Å². The molecule has 0 bridgehead atoms. The van der Waals surface area contributed by atoms with Crippen molar-refractivity contribution >= 4 is 11.6 Å². The molecule has 96 valence electrons. The van der Waals surface area contributed by atoms with Gasteiger partial charge in [-0.05, 0) is 38.5 Å². The topological polar surface area (TPSA) is 27.0 Å². The van der Waals surface area contributed by atoms with Crippen LogP contribution in [-0.4, -0.2) is 23.5 Å². The van der Waals surface area contributed by atoms with Crippen molar-refractivity contribution < 1.29 is 0 Å². The van der Waals surface area contributed by atoms with Gasteiger partial charge in [-0.3, -0.25) is 4.90 Å². The fourth-order valence-electron chi connectivity index (χ4n) is 2.53. The van der Waals surface area contributed by atoms with Crippen LogP contribution in [0, 0.1) is 17.2 Å². The first kappa shape index (κ1) is 13.4. The Hall–Kier alpha value is -1.04. The molecule has 0 amide bonds. The highest BCUT2D eigenvalue weighted by molar-refractivity contribution is 6.30. The second-order valence-electron chi connectivity index (χ2n) is 5.97. The highest BCUT2D eigenvalue weighted by atomic mass is 35.5. The van der Waals surface area contributed by atoms with Gasteiger partial charge < -0.3 is 0 Å². The maximum Gasteiger partial charge on any atom is 0.0676 e. The minimum absolute atomic E-state index is 0.0744. The van der Waals surface area contributed by atoms with Gasteiger partial charge >= 0.3 is 0 Å². The van der Waals surface area contributed by atoms with Gasteiger partial charge in [0.1, 0.15) is 0 Å². The third-order valence-corrected chi connectivity index (χ3v) is 3.98. The van der Waals surface area contributed by atoms with Crippen molar-refractivity contribution in [2.45, 2.75) is 32.2 Å². The Bertz CT molecular complexity index is 453.